The minimum atomic E-state index is -0.730. The molecule has 0 amide bonds. The third-order valence-electron chi connectivity index (χ3n) is 3.54. The molecule has 2 rings (SSSR count). The van der Waals surface area contributed by atoms with Crippen molar-refractivity contribution in [3.63, 3.8) is 0 Å². The molecule has 18 heavy (non-hydrogen) atoms. The van der Waals surface area contributed by atoms with Crippen molar-refractivity contribution in [3.05, 3.63) is 11.7 Å². The van der Waals surface area contributed by atoms with Crippen LogP contribution in [0.1, 0.15) is 43.8 Å². The molecule has 100 valence electrons. The van der Waals surface area contributed by atoms with Crippen molar-refractivity contribution in [1.29, 1.82) is 0 Å². The summed E-state index contributed by atoms with van der Waals surface area (Å²) >= 11 is 1.62. The third-order valence-corrected chi connectivity index (χ3v) is 4.08. The molecule has 1 N–H and O–H groups in total. The highest BCUT2D eigenvalue weighted by Gasteiger charge is 2.41. The molecule has 0 spiro atoms. The number of carbonyl (C=O) groups is 1. The van der Waals surface area contributed by atoms with Gasteiger partial charge in [-0.15, -0.1) is 0 Å². The zero-order valence-electron chi connectivity index (χ0n) is 10.5. The molecule has 1 saturated carbocycles. The number of hydrogen-bond donors (Lipinski definition) is 1. The summed E-state index contributed by atoms with van der Waals surface area (Å²) < 4.78 is 5.16. The van der Waals surface area contributed by atoms with Crippen LogP contribution in [-0.4, -0.2) is 27.5 Å². The molecular formula is C12H18N2O3S. The zero-order chi connectivity index (χ0) is 13.0. The Morgan fingerprint density at radius 2 is 2.17 bits per heavy atom. The molecule has 1 aliphatic carbocycles. The van der Waals surface area contributed by atoms with Gasteiger partial charge in [-0.05, 0) is 19.1 Å². The Balaban J connectivity index is 2.10. The van der Waals surface area contributed by atoms with Gasteiger partial charge in [0, 0.05) is 6.42 Å². The second-order valence-electron chi connectivity index (χ2n) is 4.86. The molecule has 1 fully saturated rings. The van der Waals surface area contributed by atoms with Crippen LogP contribution in [0.2, 0.25) is 0 Å². The van der Waals surface area contributed by atoms with Gasteiger partial charge in [-0.25, -0.2) is 0 Å². The van der Waals surface area contributed by atoms with Crippen LogP contribution in [0.15, 0.2) is 4.52 Å². The van der Waals surface area contributed by atoms with E-state index in [4.69, 9.17) is 4.52 Å². The van der Waals surface area contributed by atoms with Crippen molar-refractivity contribution in [2.24, 2.45) is 5.41 Å². The van der Waals surface area contributed by atoms with Gasteiger partial charge in [0.15, 0.2) is 5.82 Å². The summed E-state index contributed by atoms with van der Waals surface area (Å²) in [5.41, 5.74) is -0.693. The van der Waals surface area contributed by atoms with Crippen LogP contribution >= 0.6 is 11.8 Å². The third kappa shape index (κ3) is 2.85. The maximum atomic E-state index is 11.5. The van der Waals surface area contributed by atoms with Crippen molar-refractivity contribution in [2.45, 2.75) is 44.3 Å². The van der Waals surface area contributed by atoms with E-state index in [0.29, 0.717) is 36.7 Å². The molecule has 1 aliphatic rings. The predicted molar refractivity (Wildman–Crippen MR) is 68.4 cm³/mol. The molecule has 0 atom stereocenters. The number of carboxylic acid groups (broad SMARTS) is 1. The smallest absolute Gasteiger partial charge is 0.310 e. The molecule has 1 heterocycles. The van der Waals surface area contributed by atoms with Crippen molar-refractivity contribution < 1.29 is 14.4 Å². The van der Waals surface area contributed by atoms with Gasteiger partial charge in [0.05, 0.1) is 11.2 Å². The first-order chi connectivity index (χ1) is 8.66. The van der Waals surface area contributed by atoms with Crippen LogP contribution in [0.25, 0.3) is 0 Å². The van der Waals surface area contributed by atoms with E-state index >= 15 is 0 Å². The highest BCUT2D eigenvalue weighted by atomic mass is 32.2. The normalized spacial score (nSPS) is 18.7. The standard InChI is InChI=1S/C12H18N2O3S/c1-18-8-9-13-10(17-14-9)7-12(11(15)16)5-3-2-4-6-12/h2-8H2,1H3,(H,15,16). The van der Waals surface area contributed by atoms with Crippen LogP contribution < -0.4 is 0 Å². The van der Waals surface area contributed by atoms with Crippen molar-refractivity contribution in [2.75, 3.05) is 6.26 Å². The highest BCUT2D eigenvalue weighted by molar-refractivity contribution is 7.97. The van der Waals surface area contributed by atoms with Gasteiger partial charge in [0.2, 0.25) is 5.89 Å². The first kappa shape index (κ1) is 13.4. The first-order valence-corrected chi connectivity index (χ1v) is 7.59. The lowest BCUT2D eigenvalue weighted by Crippen LogP contribution is -2.35. The summed E-state index contributed by atoms with van der Waals surface area (Å²) in [6, 6.07) is 0. The summed E-state index contributed by atoms with van der Waals surface area (Å²) in [6.45, 7) is 0. The van der Waals surface area contributed by atoms with Crippen molar-refractivity contribution in [3.8, 4) is 0 Å². The average molecular weight is 270 g/mol. The van der Waals surface area contributed by atoms with Crippen molar-refractivity contribution >= 4 is 17.7 Å². The van der Waals surface area contributed by atoms with Crippen LogP contribution in [0, 0.1) is 5.41 Å². The Kier molecular flexibility index (Phi) is 4.27. The van der Waals surface area contributed by atoms with Gasteiger partial charge in [-0.2, -0.15) is 16.7 Å². The SMILES string of the molecule is CSCc1noc(CC2(C(=O)O)CCCCC2)n1. The quantitative estimate of drug-likeness (QED) is 0.886. The van der Waals surface area contributed by atoms with E-state index < -0.39 is 11.4 Å². The van der Waals surface area contributed by atoms with E-state index in [9.17, 15) is 9.90 Å². The van der Waals surface area contributed by atoms with E-state index in [-0.39, 0.29) is 0 Å². The van der Waals surface area contributed by atoms with E-state index in [1.165, 1.54) is 0 Å². The number of carboxylic acids is 1. The van der Waals surface area contributed by atoms with Crippen LogP contribution in [-0.2, 0) is 17.0 Å². The number of aliphatic carboxylic acids is 1. The highest BCUT2D eigenvalue weighted by Crippen LogP contribution is 2.39. The summed E-state index contributed by atoms with van der Waals surface area (Å²) in [7, 11) is 0. The molecule has 0 aliphatic heterocycles. The number of nitrogens with zero attached hydrogens (tertiary/aromatic N) is 2. The van der Waals surface area contributed by atoms with Gasteiger partial charge in [-0.3, -0.25) is 4.79 Å². The number of hydrogen-bond acceptors (Lipinski definition) is 5. The summed E-state index contributed by atoms with van der Waals surface area (Å²) in [5, 5.41) is 13.3. The molecule has 0 unspecified atom stereocenters. The van der Waals surface area contributed by atoms with Gasteiger partial charge in [-0.1, -0.05) is 24.4 Å². The second-order valence-corrected chi connectivity index (χ2v) is 5.73. The summed E-state index contributed by atoms with van der Waals surface area (Å²) in [6.07, 6.45) is 6.82. The Morgan fingerprint density at radius 3 is 2.78 bits per heavy atom. The molecule has 0 bridgehead atoms. The lowest BCUT2D eigenvalue weighted by atomic mass is 9.72. The predicted octanol–water partition coefficient (Wildman–Crippen LogP) is 2.51. The molecule has 1 aromatic rings. The molecule has 0 radical (unpaired) electrons. The molecule has 0 aromatic carbocycles. The topological polar surface area (TPSA) is 76.2 Å². The first-order valence-electron chi connectivity index (χ1n) is 6.20. The summed E-state index contributed by atoms with van der Waals surface area (Å²) in [4.78, 5) is 15.8. The molecular weight excluding hydrogens is 252 g/mol. The Hall–Kier alpha value is -1.04. The number of rotatable bonds is 5. The minimum Gasteiger partial charge on any atom is -0.481 e. The average Bonchev–Trinajstić information content (AvgIpc) is 2.78. The van der Waals surface area contributed by atoms with Gasteiger partial charge >= 0.3 is 5.97 Å². The lowest BCUT2D eigenvalue weighted by Gasteiger charge is -2.31. The van der Waals surface area contributed by atoms with E-state index in [2.05, 4.69) is 10.1 Å². The maximum Gasteiger partial charge on any atom is 0.310 e. The number of aromatic nitrogens is 2. The second kappa shape index (κ2) is 5.73. The zero-order valence-corrected chi connectivity index (χ0v) is 11.3. The Morgan fingerprint density at radius 1 is 1.44 bits per heavy atom. The molecule has 0 saturated heterocycles. The fourth-order valence-electron chi connectivity index (χ4n) is 2.53. The van der Waals surface area contributed by atoms with Gasteiger partial charge < -0.3 is 9.63 Å². The minimum absolute atomic E-state index is 0.365. The van der Waals surface area contributed by atoms with Gasteiger partial charge in [0.25, 0.3) is 0 Å². The largest absolute Gasteiger partial charge is 0.481 e. The summed E-state index contributed by atoms with van der Waals surface area (Å²) in [5.74, 6) is 1.08. The van der Waals surface area contributed by atoms with E-state index in [1.54, 1.807) is 11.8 Å². The fourth-order valence-corrected chi connectivity index (χ4v) is 2.91. The number of thioether (sulfide) groups is 1. The van der Waals surface area contributed by atoms with Crippen molar-refractivity contribution in [1.82, 2.24) is 10.1 Å². The lowest BCUT2D eigenvalue weighted by molar-refractivity contribution is -0.151. The van der Waals surface area contributed by atoms with E-state index in [1.807, 2.05) is 6.26 Å². The van der Waals surface area contributed by atoms with Gasteiger partial charge in [0.1, 0.15) is 0 Å². The maximum absolute atomic E-state index is 11.5. The Bertz CT molecular complexity index is 413. The van der Waals surface area contributed by atoms with E-state index in [0.717, 1.165) is 19.3 Å². The Labute approximate surface area is 110 Å². The monoisotopic (exact) mass is 270 g/mol. The molecule has 5 nitrogen and oxygen atoms in total. The van der Waals surface area contributed by atoms with Crippen LogP contribution in [0.5, 0.6) is 0 Å². The molecule has 6 heteroatoms. The van der Waals surface area contributed by atoms with Crippen LogP contribution in [0.4, 0.5) is 0 Å². The van der Waals surface area contributed by atoms with Crippen LogP contribution in [0.3, 0.4) is 0 Å². The molecule has 1 aromatic heterocycles. The fraction of sp³-hybridized carbons (Fsp3) is 0.750.